The molecular formula is C12H13IO4. The number of hydrogen-bond acceptors (Lipinski definition) is 4. The van der Waals surface area contributed by atoms with Gasteiger partial charge in [-0.05, 0) is 35.6 Å². The van der Waals surface area contributed by atoms with Crippen molar-refractivity contribution in [3.05, 3.63) is 33.4 Å². The van der Waals surface area contributed by atoms with Crippen LogP contribution in [0.3, 0.4) is 0 Å². The average molecular weight is 348 g/mol. The molecule has 92 valence electrons. The fraction of sp³-hybridized carbons (Fsp3) is 0.250. The van der Waals surface area contributed by atoms with E-state index in [2.05, 4.69) is 6.58 Å². The number of esters is 1. The van der Waals surface area contributed by atoms with Gasteiger partial charge in [-0.25, -0.2) is 4.79 Å². The zero-order valence-electron chi connectivity index (χ0n) is 9.62. The molecule has 0 radical (unpaired) electrons. The standard InChI is InChI=1S/C12H13IO4/c1-7(2)12(15)17-6-8-4-9(13)10(14)5-11(8)16-3/h4-5,14H,1,6H2,2-3H3. The highest BCUT2D eigenvalue weighted by atomic mass is 127. The summed E-state index contributed by atoms with van der Waals surface area (Å²) in [4.78, 5) is 11.3. The van der Waals surface area contributed by atoms with Crippen molar-refractivity contribution >= 4 is 28.6 Å². The third-order valence-corrected chi connectivity index (χ3v) is 2.92. The van der Waals surface area contributed by atoms with E-state index in [1.807, 2.05) is 22.6 Å². The summed E-state index contributed by atoms with van der Waals surface area (Å²) in [6.45, 7) is 5.17. The lowest BCUT2D eigenvalue weighted by Gasteiger charge is -2.10. The van der Waals surface area contributed by atoms with Gasteiger partial charge < -0.3 is 14.6 Å². The van der Waals surface area contributed by atoms with Gasteiger partial charge in [0, 0.05) is 17.2 Å². The van der Waals surface area contributed by atoms with E-state index in [1.54, 1.807) is 13.0 Å². The third kappa shape index (κ3) is 3.62. The van der Waals surface area contributed by atoms with E-state index in [0.717, 1.165) is 0 Å². The van der Waals surface area contributed by atoms with Gasteiger partial charge in [0.15, 0.2) is 0 Å². The van der Waals surface area contributed by atoms with Crippen LogP contribution >= 0.6 is 22.6 Å². The Morgan fingerprint density at radius 3 is 2.71 bits per heavy atom. The number of aromatic hydroxyl groups is 1. The molecular weight excluding hydrogens is 335 g/mol. The monoisotopic (exact) mass is 348 g/mol. The molecule has 0 saturated carbocycles. The molecule has 1 rings (SSSR count). The maximum atomic E-state index is 11.3. The van der Waals surface area contributed by atoms with Gasteiger partial charge in [0.2, 0.25) is 0 Å². The van der Waals surface area contributed by atoms with Gasteiger partial charge in [-0.3, -0.25) is 0 Å². The van der Waals surface area contributed by atoms with E-state index in [1.165, 1.54) is 13.2 Å². The molecule has 0 atom stereocenters. The van der Waals surface area contributed by atoms with E-state index in [-0.39, 0.29) is 12.4 Å². The molecule has 0 aliphatic heterocycles. The predicted molar refractivity (Wildman–Crippen MR) is 72.0 cm³/mol. The molecule has 0 saturated heterocycles. The number of phenolic OH excluding ortho intramolecular Hbond substituents is 1. The Morgan fingerprint density at radius 1 is 1.53 bits per heavy atom. The number of hydrogen-bond donors (Lipinski definition) is 1. The highest BCUT2D eigenvalue weighted by Gasteiger charge is 2.11. The lowest BCUT2D eigenvalue weighted by molar-refractivity contribution is -0.140. The Labute approximate surface area is 113 Å². The lowest BCUT2D eigenvalue weighted by Crippen LogP contribution is -2.06. The summed E-state index contributed by atoms with van der Waals surface area (Å²) in [6, 6.07) is 3.20. The molecule has 0 aliphatic carbocycles. The number of ether oxygens (including phenoxy) is 2. The molecule has 0 heterocycles. The van der Waals surface area contributed by atoms with E-state index in [9.17, 15) is 9.90 Å². The molecule has 1 N–H and O–H groups in total. The van der Waals surface area contributed by atoms with Gasteiger partial charge in [-0.15, -0.1) is 0 Å². The fourth-order valence-corrected chi connectivity index (χ4v) is 1.68. The quantitative estimate of drug-likeness (QED) is 0.516. The zero-order valence-corrected chi connectivity index (χ0v) is 11.8. The number of rotatable bonds is 4. The van der Waals surface area contributed by atoms with Gasteiger partial charge in [0.05, 0.1) is 10.7 Å². The fourth-order valence-electron chi connectivity index (χ4n) is 1.15. The first-order valence-corrected chi connectivity index (χ1v) is 5.91. The van der Waals surface area contributed by atoms with Crippen LogP contribution in [-0.2, 0) is 16.1 Å². The van der Waals surface area contributed by atoms with Gasteiger partial charge in [0.1, 0.15) is 18.1 Å². The van der Waals surface area contributed by atoms with Crippen molar-refractivity contribution in [2.75, 3.05) is 7.11 Å². The van der Waals surface area contributed by atoms with Gasteiger partial charge in [-0.1, -0.05) is 6.58 Å². The van der Waals surface area contributed by atoms with Crippen LogP contribution in [0, 0.1) is 3.57 Å². The molecule has 5 heteroatoms. The summed E-state index contributed by atoms with van der Waals surface area (Å²) in [5, 5.41) is 9.51. The normalized spacial score (nSPS) is 9.82. The number of phenols is 1. The summed E-state index contributed by atoms with van der Waals surface area (Å²) in [5.41, 5.74) is 1.04. The Kier molecular flexibility index (Phi) is 4.80. The van der Waals surface area contributed by atoms with Crippen LogP contribution in [0.15, 0.2) is 24.3 Å². The van der Waals surface area contributed by atoms with E-state index >= 15 is 0 Å². The average Bonchev–Trinajstić information content (AvgIpc) is 2.29. The molecule has 0 fully saturated rings. The highest BCUT2D eigenvalue weighted by molar-refractivity contribution is 14.1. The van der Waals surface area contributed by atoms with Crippen LogP contribution in [0.25, 0.3) is 0 Å². The molecule has 1 aromatic rings. The highest BCUT2D eigenvalue weighted by Crippen LogP contribution is 2.29. The molecule has 17 heavy (non-hydrogen) atoms. The Bertz CT molecular complexity index is 454. The van der Waals surface area contributed by atoms with Crippen LogP contribution in [0.2, 0.25) is 0 Å². The van der Waals surface area contributed by atoms with Crippen LogP contribution in [0.5, 0.6) is 11.5 Å². The molecule has 0 bridgehead atoms. The van der Waals surface area contributed by atoms with Gasteiger partial charge in [0.25, 0.3) is 0 Å². The number of benzene rings is 1. The zero-order chi connectivity index (χ0) is 13.0. The summed E-state index contributed by atoms with van der Waals surface area (Å²) in [6.07, 6.45) is 0. The number of carbonyl (C=O) groups is 1. The van der Waals surface area contributed by atoms with E-state index in [4.69, 9.17) is 9.47 Å². The van der Waals surface area contributed by atoms with Crippen LogP contribution < -0.4 is 4.74 Å². The number of methoxy groups -OCH3 is 1. The molecule has 4 nitrogen and oxygen atoms in total. The molecule has 0 unspecified atom stereocenters. The SMILES string of the molecule is C=C(C)C(=O)OCc1cc(I)c(O)cc1OC. The first-order valence-electron chi connectivity index (χ1n) is 4.83. The second-order valence-electron chi connectivity index (χ2n) is 3.47. The largest absolute Gasteiger partial charge is 0.507 e. The minimum atomic E-state index is -0.449. The minimum absolute atomic E-state index is 0.0884. The van der Waals surface area contributed by atoms with E-state index < -0.39 is 5.97 Å². The second kappa shape index (κ2) is 5.90. The Morgan fingerprint density at radius 2 is 2.18 bits per heavy atom. The smallest absolute Gasteiger partial charge is 0.333 e. The summed E-state index contributed by atoms with van der Waals surface area (Å²) in [7, 11) is 1.49. The Hall–Kier alpha value is -1.24. The molecule has 0 amide bonds. The minimum Gasteiger partial charge on any atom is -0.507 e. The number of carbonyl (C=O) groups excluding carboxylic acids is 1. The topological polar surface area (TPSA) is 55.8 Å². The molecule has 0 aromatic heterocycles. The van der Waals surface area contributed by atoms with Crippen molar-refractivity contribution < 1.29 is 19.4 Å². The van der Waals surface area contributed by atoms with Crippen LogP contribution in [-0.4, -0.2) is 18.2 Å². The maximum Gasteiger partial charge on any atom is 0.333 e. The summed E-state index contributed by atoms with van der Waals surface area (Å²) in [5.74, 6) is 0.171. The first-order chi connectivity index (χ1) is 7.95. The van der Waals surface area contributed by atoms with Gasteiger partial charge >= 0.3 is 5.97 Å². The van der Waals surface area contributed by atoms with Crippen molar-refractivity contribution in [2.45, 2.75) is 13.5 Å². The van der Waals surface area contributed by atoms with Crippen molar-refractivity contribution in [3.63, 3.8) is 0 Å². The van der Waals surface area contributed by atoms with Gasteiger partial charge in [-0.2, -0.15) is 0 Å². The van der Waals surface area contributed by atoms with E-state index in [0.29, 0.717) is 20.5 Å². The molecule has 0 spiro atoms. The Balaban J connectivity index is 2.87. The van der Waals surface area contributed by atoms with Crippen LogP contribution in [0.1, 0.15) is 12.5 Å². The maximum absolute atomic E-state index is 11.3. The third-order valence-electron chi connectivity index (χ3n) is 2.06. The lowest BCUT2D eigenvalue weighted by atomic mass is 10.2. The van der Waals surface area contributed by atoms with Crippen molar-refractivity contribution in [2.24, 2.45) is 0 Å². The molecule has 0 aliphatic rings. The van der Waals surface area contributed by atoms with Crippen LogP contribution in [0.4, 0.5) is 0 Å². The van der Waals surface area contributed by atoms with Crippen molar-refractivity contribution in [3.8, 4) is 11.5 Å². The summed E-state index contributed by atoms with van der Waals surface area (Å²) >= 11 is 1.99. The summed E-state index contributed by atoms with van der Waals surface area (Å²) < 4.78 is 10.8. The second-order valence-corrected chi connectivity index (χ2v) is 4.63. The first kappa shape index (κ1) is 13.8. The van der Waals surface area contributed by atoms with Crippen molar-refractivity contribution in [1.29, 1.82) is 0 Å². The molecule has 1 aromatic carbocycles. The number of halogens is 1. The van der Waals surface area contributed by atoms with Crippen molar-refractivity contribution in [1.82, 2.24) is 0 Å². The predicted octanol–water partition coefficient (Wildman–Crippen LogP) is 2.62.